The predicted molar refractivity (Wildman–Crippen MR) is 70.9 cm³/mol. The number of nitrogens with zero attached hydrogens (tertiary/aromatic N) is 1. The Hall–Kier alpha value is -0.380. The SMILES string of the molecule is CC1(C)CN(CC2C=CC(N)C2)CC(C)(C)O1. The molecule has 0 aromatic heterocycles. The van der Waals surface area contributed by atoms with E-state index in [0.29, 0.717) is 5.92 Å². The Morgan fingerprint density at radius 2 is 1.76 bits per heavy atom. The van der Waals surface area contributed by atoms with Gasteiger partial charge in [-0.2, -0.15) is 0 Å². The second-order valence-electron chi connectivity index (χ2n) is 6.84. The average molecular weight is 238 g/mol. The van der Waals surface area contributed by atoms with Gasteiger partial charge in [-0.05, 0) is 40.0 Å². The number of nitrogens with two attached hydrogens (primary N) is 1. The molecule has 0 radical (unpaired) electrons. The third kappa shape index (κ3) is 3.54. The van der Waals surface area contributed by atoms with Gasteiger partial charge >= 0.3 is 0 Å². The molecule has 1 saturated heterocycles. The fourth-order valence-corrected chi connectivity index (χ4v) is 3.35. The van der Waals surface area contributed by atoms with Gasteiger partial charge in [0.25, 0.3) is 0 Å². The van der Waals surface area contributed by atoms with Crippen molar-refractivity contribution in [2.24, 2.45) is 11.7 Å². The van der Waals surface area contributed by atoms with Gasteiger partial charge in [0.15, 0.2) is 0 Å². The van der Waals surface area contributed by atoms with E-state index in [4.69, 9.17) is 10.5 Å². The topological polar surface area (TPSA) is 38.5 Å². The zero-order chi connectivity index (χ0) is 12.7. The Labute approximate surface area is 105 Å². The number of hydrogen-bond acceptors (Lipinski definition) is 3. The molecule has 2 unspecified atom stereocenters. The highest BCUT2D eigenvalue weighted by Crippen LogP contribution is 2.29. The van der Waals surface area contributed by atoms with Crippen LogP contribution >= 0.6 is 0 Å². The third-order valence-corrected chi connectivity index (χ3v) is 3.46. The van der Waals surface area contributed by atoms with E-state index >= 15 is 0 Å². The summed E-state index contributed by atoms with van der Waals surface area (Å²) >= 11 is 0. The first kappa shape index (κ1) is 13.1. The Bertz CT molecular complexity index is 293. The van der Waals surface area contributed by atoms with Crippen LogP contribution in [-0.4, -0.2) is 41.8 Å². The van der Waals surface area contributed by atoms with E-state index in [9.17, 15) is 0 Å². The molecule has 0 amide bonds. The van der Waals surface area contributed by atoms with Gasteiger partial charge < -0.3 is 10.5 Å². The van der Waals surface area contributed by atoms with Crippen LogP contribution in [0.2, 0.25) is 0 Å². The zero-order valence-corrected chi connectivity index (χ0v) is 11.6. The minimum absolute atomic E-state index is 0.0494. The van der Waals surface area contributed by atoms with Gasteiger partial charge in [-0.1, -0.05) is 12.2 Å². The maximum Gasteiger partial charge on any atom is 0.0760 e. The van der Waals surface area contributed by atoms with Crippen molar-refractivity contribution in [3.05, 3.63) is 12.2 Å². The highest BCUT2D eigenvalue weighted by atomic mass is 16.5. The van der Waals surface area contributed by atoms with Gasteiger partial charge in [-0.3, -0.25) is 4.90 Å². The minimum Gasteiger partial charge on any atom is -0.367 e. The summed E-state index contributed by atoms with van der Waals surface area (Å²) in [7, 11) is 0. The largest absolute Gasteiger partial charge is 0.367 e. The van der Waals surface area contributed by atoms with E-state index in [-0.39, 0.29) is 17.2 Å². The normalized spacial score (nSPS) is 36.3. The van der Waals surface area contributed by atoms with E-state index in [1.807, 2.05) is 0 Å². The molecule has 1 fully saturated rings. The summed E-state index contributed by atoms with van der Waals surface area (Å²) in [6.07, 6.45) is 5.51. The lowest BCUT2D eigenvalue weighted by molar-refractivity contribution is -0.181. The number of morpholine rings is 1. The van der Waals surface area contributed by atoms with Gasteiger partial charge in [-0.25, -0.2) is 0 Å². The number of rotatable bonds is 2. The van der Waals surface area contributed by atoms with Crippen LogP contribution in [0, 0.1) is 5.92 Å². The maximum atomic E-state index is 6.09. The van der Waals surface area contributed by atoms with Crippen LogP contribution < -0.4 is 5.73 Å². The molecule has 2 N–H and O–H groups in total. The maximum absolute atomic E-state index is 6.09. The fourth-order valence-electron chi connectivity index (χ4n) is 3.35. The van der Waals surface area contributed by atoms with Crippen LogP contribution in [0.5, 0.6) is 0 Å². The first-order chi connectivity index (χ1) is 7.76. The molecule has 17 heavy (non-hydrogen) atoms. The molecular weight excluding hydrogens is 212 g/mol. The monoisotopic (exact) mass is 238 g/mol. The Kier molecular flexibility index (Phi) is 3.36. The fraction of sp³-hybridized carbons (Fsp3) is 0.857. The lowest BCUT2D eigenvalue weighted by atomic mass is 9.97. The minimum atomic E-state index is -0.0494. The highest BCUT2D eigenvalue weighted by Gasteiger charge is 2.38. The molecule has 2 aliphatic rings. The van der Waals surface area contributed by atoms with Gasteiger partial charge in [0.05, 0.1) is 11.2 Å². The van der Waals surface area contributed by atoms with Crippen LogP contribution in [-0.2, 0) is 4.74 Å². The van der Waals surface area contributed by atoms with Crippen molar-refractivity contribution in [2.75, 3.05) is 19.6 Å². The Morgan fingerprint density at radius 1 is 1.18 bits per heavy atom. The standard InChI is InChI=1S/C14H26N2O/c1-13(2)9-16(10-14(3,4)17-13)8-11-5-6-12(15)7-11/h5-6,11-12H,7-10,15H2,1-4H3. The molecule has 2 rings (SSSR count). The molecule has 98 valence electrons. The highest BCUT2D eigenvalue weighted by molar-refractivity contribution is 5.06. The number of ether oxygens (including phenoxy) is 1. The first-order valence-corrected chi connectivity index (χ1v) is 6.62. The number of hydrogen-bond donors (Lipinski definition) is 1. The quantitative estimate of drug-likeness (QED) is 0.745. The van der Waals surface area contributed by atoms with Gasteiger partial charge in [0.1, 0.15) is 0 Å². The van der Waals surface area contributed by atoms with Crippen LogP contribution in [0.15, 0.2) is 12.2 Å². The summed E-state index contributed by atoms with van der Waals surface area (Å²) < 4.78 is 6.09. The molecule has 1 aliphatic heterocycles. The van der Waals surface area contributed by atoms with E-state index < -0.39 is 0 Å². The molecule has 3 heteroatoms. The Morgan fingerprint density at radius 3 is 2.24 bits per heavy atom. The van der Waals surface area contributed by atoms with E-state index in [2.05, 4.69) is 44.7 Å². The van der Waals surface area contributed by atoms with Gasteiger partial charge in [0, 0.05) is 25.7 Å². The summed E-state index contributed by atoms with van der Waals surface area (Å²) in [5, 5.41) is 0. The molecule has 0 aromatic carbocycles. The first-order valence-electron chi connectivity index (χ1n) is 6.62. The summed E-state index contributed by atoms with van der Waals surface area (Å²) in [5.74, 6) is 0.620. The third-order valence-electron chi connectivity index (χ3n) is 3.46. The Balaban J connectivity index is 1.95. The van der Waals surface area contributed by atoms with Gasteiger partial charge in [0.2, 0.25) is 0 Å². The molecule has 0 bridgehead atoms. The van der Waals surface area contributed by atoms with Crippen molar-refractivity contribution in [3.63, 3.8) is 0 Å². The van der Waals surface area contributed by atoms with E-state index in [0.717, 1.165) is 26.1 Å². The van der Waals surface area contributed by atoms with Crippen LogP contribution in [0.25, 0.3) is 0 Å². The molecule has 1 aliphatic carbocycles. The summed E-state index contributed by atoms with van der Waals surface area (Å²) in [4.78, 5) is 2.52. The van der Waals surface area contributed by atoms with Crippen molar-refractivity contribution in [3.8, 4) is 0 Å². The molecule has 3 nitrogen and oxygen atoms in total. The smallest absolute Gasteiger partial charge is 0.0760 e. The lowest BCUT2D eigenvalue weighted by Crippen LogP contribution is -2.57. The average Bonchev–Trinajstić information content (AvgIpc) is 2.44. The van der Waals surface area contributed by atoms with Gasteiger partial charge in [-0.15, -0.1) is 0 Å². The molecule has 1 heterocycles. The molecule has 0 saturated carbocycles. The van der Waals surface area contributed by atoms with Crippen LogP contribution in [0.1, 0.15) is 34.1 Å². The van der Waals surface area contributed by atoms with E-state index in [1.54, 1.807) is 0 Å². The van der Waals surface area contributed by atoms with Crippen molar-refractivity contribution < 1.29 is 4.74 Å². The molecule has 2 atom stereocenters. The molecule has 0 aromatic rings. The predicted octanol–water partition coefficient (Wildman–Crippen LogP) is 1.78. The van der Waals surface area contributed by atoms with Crippen molar-refractivity contribution >= 4 is 0 Å². The van der Waals surface area contributed by atoms with Crippen molar-refractivity contribution in [1.29, 1.82) is 0 Å². The summed E-state index contributed by atoms with van der Waals surface area (Å²) in [6.45, 7) is 11.8. The van der Waals surface area contributed by atoms with Crippen molar-refractivity contribution in [2.45, 2.75) is 51.4 Å². The zero-order valence-electron chi connectivity index (χ0n) is 11.6. The van der Waals surface area contributed by atoms with Crippen LogP contribution in [0.4, 0.5) is 0 Å². The second-order valence-corrected chi connectivity index (χ2v) is 6.84. The van der Waals surface area contributed by atoms with Crippen molar-refractivity contribution in [1.82, 2.24) is 4.90 Å². The molecule has 0 spiro atoms. The van der Waals surface area contributed by atoms with Crippen LogP contribution in [0.3, 0.4) is 0 Å². The van der Waals surface area contributed by atoms with E-state index in [1.165, 1.54) is 0 Å². The second kappa shape index (κ2) is 4.38. The lowest BCUT2D eigenvalue weighted by Gasteiger charge is -2.47. The molecular formula is C14H26N2O. The summed E-state index contributed by atoms with van der Waals surface area (Å²) in [5.41, 5.74) is 5.81. The summed E-state index contributed by atoms with van der Waals surface area (Å²) in [6, 6.07) is 0.266.